The maximum Gasteiger partial charge on any atom is 0.263 e. The number of hydrogen-bond donors (Lipinski definition) is 0. The van der Waals surface area contributed by atoms with E-state index in [1.165, 1.54) is 10.6 Å². The highest BCUT2D eigenvalue weighted by Gasteiger charge is 2.31. The minimum absolute atomic E-state index is 0.215. The normalized spacial score (nSPS) is 19.8. The highest BCUT2D eigenvalue weighted by atomic mass is 32.2. The second-order valence-corrected chi connectivity index (χ2v) is 8.25. The summed E-state index contributed by atoms with van der Waals surface area (Å²) in [6, 6.07) is 2.02. The van der Waals surface area contributed by atoms with E-state index in [1.54, 1.807) is 28.7 Å². The molecule has 8 heteroatoms. The largest absolute Gasteiger partial charge is 0.336 e. The van der Waals surface area contributed by atoms with E-state index in [1.807, 2.05) is 0 Å². The van der Waals surface area contributed by atoms with Crippen molar-refractivity contribution in [3.8, 4) is 0 Å². The molecular formula is C15H21N3O4S. The number of nitrogens with zero attached hydrogens (tertiary/aromatic N) is 3. The molecule has 0 aromatic carbocycles. The first kappa shape index (κ1) is 16.2. The highest BCUT2D eigenvalue weighted by Crippen LogP contribution is 2.33. The van der Waals surface area contributed by atoms with Gasteiger partial charge in [-0.05, 0) is 31.4 Å². The van der Waals surface area contributed by atoms with E-state index in [-0.39, 0.29) is 36.2 Å². The standard InChI is InChI=1S/C15H21N3O4S/c1-11-5-6-18(12-3-4-12)15(20)13(11)14(19)16-7-9-17(10-8-16)23(2,21)22/h5-6,12H,3-4,7-10H2,1-2H3. The summed E-state index contributed by atoms with van der Waals surface area (Å²) in [6.45, 7) is 2.92. The van der Waals surface area contributed by atoms with Crippen molar-refractivity contribution >= 4 is 15.9 Å². The fraction of sp³-hybridized carbons (Fsp3) is 0.600. The summed E-state index contributed by atoms with van der Waals surface area (Å²) in [7, 11) is -3.24. The van der Waals surface area contributed by atoms with Crippen molar-refractivity contribution in [1.29, 1.82) is 0 Å². The molecule has 3 rings (SSSR count). The molecule has 1 saturated carbocycles. The number of amides is 1. The van der Waals surface area contributed by atoms with Gasteiger partial charge in [0.25, 0.3) is 11.5 Å². The van der Waals surface area contributed by atoms with Gasteiger partial charge in [-0.3, -0.25) is 9.59 Å². The molecule has 126 valence electrons. The summed E-state index contributed by atoms with van der Waals surface area (Å²) in [5, 5.41) is 0. The molecule has 1 aromatic rings. The van der Waals surface area contributed by atoms with E-state index >= 15 is 0 Å². The molecule has 1 saturated heterocycles. The summed E-state index contributed by atoms with van der Waals surface area (Å²) < 4.78 is 26.1. The summed E-state index contributed by atoms with van der Waals surface area (Å²) in [5.74, 6) is -0.296. The molecule has 2 heterocycles. The first-order valence-electron chi connectivity index (χ1n) is 7.75. The molecule has 0 N–H and O–H groups in total. The van der Waals surface area contributed by atoms with Crippen LogP contribution < -0.4 is 5.56 Å². The van der Waals surface area contributed by atoms with Gasteiger partial charge in [-0.15, -0.1) is 0 Å². The predicted molar refractivity (Wildman–Crippen MR) is 86.0 cm³/mol. The molecule has 23 heavy (non-hydrogen) atoms. The van der Waals surface area contributed by atoms with E-state index < -0.39 is 10.0 Å². The van der Waals surface area contributed by atoms with Crippen LogP contribution >= 0.6 is 0 Å². The third kappa shape index (κ3) is 3.18. The van der Waals surface area contributed by atoms with Crippen LogP contribution in [0.2, 0.25) is 0 Å². The lowest BCUT2D eigenvalue weighted by atomic mass is 10.1. The molecule has 0 unspecified atom stereocenters. The number of rotatable bonds is 3. The van der Waals surface area contributed by atoms with Gasteiger partial charge in [0, 0.05) is 38.4 Å². The quantitative estimate of drug-likeness (QED) is 0.788. The van der Waals surface area contributed by atoms with Crippen LogP contribution in [0.15, 0.2) is 17.1 Å². The van der Waals surface area contributed by atoms with Gasteiger partial charge in [0.1, 0.15) is 5.56 Å². The Morgan fingerprint density at radius 2 is 1.78 bits per heavy atom. The third-order valence-electron chi connectivity index (χ3n) is 4.48. The average Bonchev–Trinajstić information content (AvgIpc) is 3.31. The molecule has 1 aliphatic carbocycles. The lowest BCUT2D eigenvalue weighted by Crippen LogP contribution is -2.51. The van der Waals surface area contributed by atoms with Crippen molar-refractivity contribution in [3.63, 3.8) is 0 Å². The first-order chi connectivity index (χ1) is 10.8. The number of hydrogen-bond acceptors (Lipinski definition) is 4. The Balaban J connectivity index is 1.82. The zero-order valence-corrected chi connectivity index (χ0v) is 14.2. The van der Waals surface area contributed by atoms with Gasteiger partial charge in [0.05, 0.1) is 6.26 Å². The van der Waals surface area contributed by atoms with Crippen LogP contribution in [0.3, 0.4) is 0 Å². The first-order valence-corrected chi connectivity index (χ1v) is 9.60. The lowest BCUT2D eigenvalue weighted by Gasteiger charge is -2.33. The molecule has 0 spiro atoms. The maximum atomic E-state index is 12.7. The van der Waals surface area contributed by atoms with E-state index in [4.69, 9.17) is 0 Å². The van der Waals surface area contributed by atoms with E-state index in [2.05, 4.69) is 0 Å². The van der Waals surface area contributed by atoms with Crippen LogP contribution in [0, 0.1) is 6.92 Å². The number of pyridine rings is 1. The maximum absolute atomic E-state index is 12.7. The Labute approximate surface area is 135 Å². The predicted octanol–water partition coefficient (Wildman–Crippen LogP) is 0.209. The Hall–Kier alpha value is -1.67. The highest BCUT2D eigenvalue weighted by molar-refractivity contribution is 7.88. The minimum atomic E-state index is -3.24. The molecule has 1 aliphatic heterocycles. The minimum Gasteiger partial charge on any atom is -0.336 e. The number of carbonyl (C=O) groups excluding carboxylic acids is 1. The van der Waals surface area contributed by atoms with Gasteiger partial charge in [-0.1, -0.05) is 0 Å². The van der Waals surface area contributed by atoms with Crippen molar-refractivity contribution in [2.75, 3.05) is 32.4 Å². The SMILES string of the molecule is Cc1ccn(C2CC2)c(=O)c1C(=O)N1CCN(S(C)(=O)=O)CC1. The molecule has 0 bridgehead atoms. The monoisotopic (exact) mass is 339 g/mol. The fourth-order valence-electron chi connectivity index (χ4n) is 2.92. The van der Waals surface area contributed by atoms with Crippen LogP contribution in [0.25, 0.3) is 0 Å². The second-order valence-electron chi connectivity index (χ2n) is 6.27. The number of sulfonamides is 1. The molecule has 1 amide bonds. The molecular weight excluding hydrogens is 318 g/mol. The average molecular weight is 339 g/mol. The van der Waals surface area contributed by atoms with Gasteiger partial charge in [-0.25, -0.2) is 8.42 Å². The van der Waals surface area contributed by atoms with Gasteiger partial charge in [0.2, 0.25) is 10.0 Å². The number of aromatic nitrogens is 1. The summed E-state index contributed by atoms with van der Waals surface area (Å²) in [5.41, 5.74) is 0.651. The van der Waals surface area contributed by atoms with Crippen molar-refractivity contribution in [3.05, 3.63) is 33.7 Å². The van der Waals surface area contributed by atoms with Crippen LogP contribution in [0.5, 0.6) is 0 Å². The summed E-state index contributed by atoms with van der Waals surface area (Å²) in [4.78, 5) is 26.9. The van der Waals surface area contributed by atoms with Gasteiger partial charge in [0.15, 0.2) is 0 Å². The summed E-state index contributed by atoms with van der Waals surface area (Å²) in [6.07, 6.45) is 4.88. The zero-order valence-electron chi connectivity index (χ0n) is 13.4. The van der Waals surface area contributed by atoms with Crippen LogP contribution in [0.1, 0.15) is 34.8 Å². The zero-order chi connectivity index (χ0) is 16.8. The Morgan fingerprint density at radius 3 is 2.30 bits per heavy atom. The number of piperazine rings is 1. The lowest BCUT2D eigenvalue weighted by molar-refractivity contribution is 0.0695. The van der Waals surface area contributed by atoms with Crippen molar-refractivity contribution in [1.82, 2.24) is 13.8 Å². The Kier molecular flexibility index (Phi) is 4.05. The fourth-order valence-corrected chi connectivity index (χ4v) is 3.75. The topological polar surface area (TPSA) is 79.7 Å². The van der Waals surface area contributed by atoms with Crippen molar-refractivity contribution < 1.29 is 13.2 Å². The van der Waals surface area contributed by atoms with Crippen LogP contribution in [-0.4, -0.2) is 60.5 Å². The molecule has 2 aliphatic rings. The van der Waals surface area contributed by atoms with Crippen molar-refractivity contribution in [2.45, 2.75) is 25.8 Å². The summed E-state index contributed by atoms with van der Waals surface area (Å²) >= 11 is 0. The van der Waals surface area contributed by atoms with Gasteiger partial charge < -0.3 is 9.47 Å². The van der Waals surface area contributed by atoms with E-state index in [0.29, 0.717) is 18.7 Å². The van der Waals surface area contributed by atoms with E-state index in [0.717, 1.165) is 12.8 Å². The van der Waals surface area contributed by atoms with Crippen molar-refractivity contribution in [2.24, 2.45) is 0 Å². The number of carbonyl (C=O) groups is 1. The molecule has 0 radical (unpaired) electrons. The second kappa shape index (κ2) is 5.76. The molecule has 2 fully saturated rings. The van der Waals surface area contributed by atoms with E-state index in [9.17, 15) is 18.0 Å². The molecule has 1 aromatic heterocycles. The van der Waals surface area contributed by atoms with Crippen LogP contribution in [-0.2, 0) is 10.0 Å². The smallest absolute Gasteiger partial charge is 0.263 e. The third-order valence-corrected chi connectivity index (χ3v) is 5.78. The van der Waals surface area contributed by atoms with Crippen LogP contribution in [0.4, 0.5) is 0 Å². The molecule has 0 atom stereocenters. The van der Waals surface area contributed by atoms with Gasteiger partial charge in [-0.2, -0.15) is 4.31 Å². The van der Waals surface area contributed by atoms with Gasteiger partial charge >= 0.3 is 0 Å². The molecule has 7 nitrogen and oxygen atoms in total. The Bertz CT molecular complexity index is 787. The Morgan fingerprint density at radius 1 is 1.17 bits per heavy atom. The number of aryl methyl sites for hydroxylation is 1.